The maximum atomic E-state index is 9.16. The van der Waals surface area contributed by atoms with E-state index in [1.165, 1.54) is 5.56 Å². The molecule has 0 N–H and O–H groups in total. The molecule has 0 aliphatic rings. The van der Waals surface area contributed by atoms with Crippen LogP contribution in [0, 0.1) is 32.1 Å². The van der Waals surface area contributed by atoms with E-state index in [2.05, 4.69) is 18.0 Å². The molecule has 84 valence electrons. The van der Waals surface area contributed by atoms with Gasteiger partial charge in [-0.1, -0.05) is 17.7 Å². The summed E-state index contributed by atoms with van der Waals surface area (Å²) in [5.74, 6) is 0. The van der Waals surface area contributed by atoms with Gasteiger partial charge in [-0.05, 0) is 38.0 Å². The van der Waals surface area contributed by atoms with Crippen LogP contribution in [0.25, 0.3) is 11.1 Å². The van der Waals surface area contributed by atoms with Gasteiger partial charge in [0, 0.05) is 23.5 Å². The number of rotatable bonds is 1. The maximum Gasteiger partial charge on any atom is 0.0998 e. The van der Waals surface area contributed by atoms with Gasteiger partial charge in [0.25, 0.3) is 0 Å². The zero-order valence-corrected chi connectivity index (χ0v) is 10.3. The van der Waals surface area contributed by atoms with Crippen LogP contribution in [0.3, 0.4) is 0 Å². The van der Waals surface area contributed by atoms with Crippen molar-refractivity contribution in [3.8, 4) is 17.2 Å². The number of pyridine rings is 1. The van der Waals surface area contributed by atoms with Gasteiger partial charge in [-0.15, -0.1) is 0 Å². The molecule has 0 aliphatic carbocycles. The molecular weight excluding hydrogens is 208 g/mol. The number of aromatic nitrogens is 1. The van der Waals surface area contributed by atoms with Crippen LogP contribution < -0.4 is 0 Å². The lowest BCUT2D eigenvalue weighted by atomic mass is 9.95. The van der Waals surface area contributed by atoms with E-state index in [0.29, 0.717) is 5.56 Å². The molecule has 2 heteroatoms. The molecule has 0 spiro atoms. The molecule has 0 unspecified atom stereocenters. The van der Waals surface area contributed by atoms with Gasteiger partial charge in [0.1, 0.15) is 0 Å². The third-order valence-corrected chi connectivity index (χ3v) is 3.05. The Balaban J connectivity index is 2.72. The molecule has 2 rings (SSSR count). The van der Waals surface area contributed by atoms with E-state index in [1.54, 1.807) is 0 Å². The minimum absolute atomic E-state index is 0.700. The van der Waals surface area contributed by atoms with Crippen molar-refractivity contribution in [2.45, 2.75) is 20.8 Å². The van der Waals surface area contributed by atoms with Crippen LogP contribution >= 0.6 is 0 Å². The van der Waals surface area contributed by atoms with Crippen molar-refractivity contribution in [1.82, 2.24) is 4.98 Å². The summed E-state index contributed by atoms with van der Waals surface area (Å²) in [6.45, 7) is 6.13. The lowest BCUT2D eigenvalue weighted by Crippen LogP contribution is -1.92. The number of aryl methyl sites for hydroxylation is 2. The average molecular weight is 222 g/mol. The molecule has 0 saturated heterocycles. The second kappa shape index (κ2) is 4.39. The van der Waals surface area contributed by atoms with E-state index < -0.39 is 0 Å². The summed E-state index contributed by atoms with van der Waals surface area (Å²) in [4.78, 5) is 4.22. The fourth-order valence-electron chi connectivity index (χ4n) is 1.88. The molecule has 2 nitrogen and oxygen atoms in total. The molecule has 0 aliphatic heterocycles. The highest BCUT2D eigenvalue weighted by molar-refractivity contribution is 5.73. The summed E-state index contributed by atoms with van der Waals surface area (Å²) in [7, 11) is 0. The van der Waals surface area contributed by atoms with Gasteiger partial charge in [0.15, 0.2) is 0 Å². The van der Waals surface area contributed by atoms with Crippen LogP contribution in [-0.4, -0.2) is 4.98 Å². The topological polar surface area (TPSA) is 36.7 Å². The predicted octanol–water partition coefficient (Wildman–Crippen LogP) is 3.55. The van der Waals surface area contributed by atoms with E-state index in [-0.39, 0.29) is 0 Å². The van der Waals surface area contributed by atoms with Crippen LogP contribution in [0.15, 0.2) is 30.6 Å². The first kappa shape index (κ1) is 11.3. The molecule has 1 heterocycles. The summed E-state index contributed by atoms with van der Waals surface area (Å²) in [6.07, 6.45) is 3.68. The standard InChI is InChI=1S/C15H14N2/c1-10-4-5-13(7-16)14(6-10)15-9-17-8-11(2)12(15)3/h4-6,8-9H,1-3H3. The first-order chi connectivity index (χ1) is 8.13. The number of hydrogen-bond donors (Lipinski definition) is 0. The van der Waals surface area contributed by atoms with Crippen LogP contribution in [0.1, 0.15) is 22.3 Å². The number of nitriles is 1. The Morgan fingerprint density at radius 2 is 1.82 bits per heavy atom. The molecule has 1 aromatic heterocycles. The molecule has 1 aromatic carbocycles. The Morgan fingerprint density at radius 1 is 1.06 bits per heavy atom. The third kappa shape index (κ3) is 2.05. The Kier molecular flexibility index (Phi) is 2.93. The van der Waals surface area contributed by atoms with Crippen molar-refractivity contribution in [3.05, 3.63) is 52.8 Å². The Hall–Kier alpha value is -2.14. The van der Waals surface area contributed by atoms with Gasteiger partial charge in [-0.25, -0.2) is 0 Å². The Bertz CT molecular complexity index is 607. The monoisotopic (exact) mass is 222 g/mol. The van der Waals surface area contributed by atoms with E-state index in [1.807, 2.05) is 44.4 Å². The summed E-state index contributed by atoms with van der Waals surface area (Å²) < 4.78 is 0. The SMILES string of the molecule is Cc1ccc(C#N)c(-c2cncc(C)c2C)c1. The van der Waals surface area contributed by atoms with E-state index >= 15 is 0 Å². The lowest BCUT2D eigenvalue weighted by Gasteiger charge is -2.10. The van der Waals surface area contributed by atoms with Crippen LogP contribution in [0.4, 0.5) is 0 Å². The van der Waals surface area contributed by atoms with Gasteiger partial charge >= 0.3 is 0 Å². The molecule has 0 bridgehead atoms. The lowest BCUT2D eigenvalue weighted by molar-refractivity contribution is 1.21. The van der Waals surface area contributed by atoms with E-state index in [9.17, 15) is 0 Å². The first-order valence-corrected chi connectivity index (χ1v) is 5.56. The van der Waals surface area contributed by atoms with Crippen molar-refractivity contribution < 1.29 is 0 Å². The van der Waals surface area contributed by atoms with Crippen molar-refractivity contribution in [3.63, 3.8) is 0 Å². The zero-order valence-electron chi connectivity index (χ0n) is 10.3. The largest absolute Gasteiger partial charge is 0.264 e. The zero-order chi connectivity index (χ0) is 12.4. The molecule has 0 radical (unpaired) electrons. The Labute approximate surface area is 102 Å². The highest BCUT2D eigenvalue weighted by Gasteiger charge is 2.09. The van der Waals surface area contributed by atoms with Crippen LogP contribution in [-0.2, 0) is 0 Å². The molecule has 2 aromatic rings. The average Bonchev–Trinajstić information content (AvgIpc) is 2.33. The van der Waals surface area contributed by atoms with Gasteiger partial charge in [-0.3, -0.25) is 4.98 Å². The minimum atomic E-state index is 0.700. The molecular formula is C15H14N2. The quantitative estimate of drug-likeness (QED) is 0.739. The second-order valence-corrected chi connectivity index (χ2v) is 4.29. The normalized spacial score (nSPS) is 10.0. The number of nitrogens with zero attached hydrogens (tertiary/aromatic N) is 2. The highest BCUT2D eigenvalue weighted by Crippen LogP contribution is 2.28. The van der Waals surface area contributed by atoms with Crippen molar-refractivity contribution in [2.24, 2.45) is 0 Å². The van der Waals surface area contributed by atoms with Crippen molar-refractivity contribution >= 4 is 0 Å². The van der Waals surface area contributed by atoms with Crippen LogP contribution in [0.5, 0.6) is 0 Å². The smallest absolute Gasteiger partial charge is 0.0998 e. The predicted molar refractivity (Wildman–Crippen MR) is 68.6 cm³/mol. The number of benzene rings is 1. The fourth-order valence-corrected chi connectivity index (χ4v) is 1.88. The third-order valence-electron chi connectivity index (χ3n) is 3.05. The van der Waals surface area contributed by atoms with Gasteiger partial charge in [0.05, 0.1) is 11.6 Å². The van der Waals surface area contributed by atoms with Crippen molar-refractivity contribution in [2.75, 3.05) is 0 Å². The molecule has 0 atom stereocenters. The Morgan fingerprint density at radius 3 is 2.53 bits per heavy atom. The van der Waals surface area contributed by atoms with E-state index in [4.69, 9.17) is 5.26 Å². The van der Waals surface area contributed by atoms with Gasteiger partial charge in [0.2, 0.25) is 0 Å². The summed E-state index contributed by atoms with van der Waals surface area (Å²) in [6, 6.07) is 8.11. The molecule has 0 amide bonds. The number of hydrogen-bond acceptors (Lipinski definition) is 2. The highest BCUT2D eigenvalue weighted by atomic mass is 14.6. The van der Waals surface area contributed by atoms with Crippen molar-refractivity contribution in [1.29, 1.82) is 5.26 Å². The van der Waals surface area contributed by atoms with Gasteiger partial charge in [-0.2, -0.15) is 5.26 Å². The molecule has 17 heavy (non-hydrogen) atoms. The van der Waals surface area contributed by atoms with Crippen LogP contribution in [0.2, 0.25) is 0 Å². The maximum absolute atomic E-state index is 9.16. The summed E-state index contributed by atoms with van der Waals surface area (Å²) >= 11 is 0. The van der Waals surface area contributed by atoms with Gasteiger partial charge < -0.3 is 0 Å². The first-order valence-electron chi connectivity index (χ1n) is 5.56. The summed E-state index contributed by atoms with van der Waals surface area (Å²) in [5, 5.41) is 9.16. The summed E-state index contributed by atoms with van der Waals surface area (Å²) in [5.41, 5.74) is 6.20. The minimum Gasteiger partial charge on any atom is -0.264 e. The second-order valence-electron chi connectivity index (χ2n) is 4.29. The molecule has 0 saturated carbocycles. The molecule has 0 fully saturated rings. The fraction of sp³-hybridized carbons (Fsp3) is 0.200. The van der Waals surface area contributed by atoms with E-state index in [0.717, 1.165) is 22.3 Å².